The maximum Gasteiger partial charge on any atom is 0.327 e. The van der Waals surface area contributed by atoms with Crippen LogP contribution in [-0.2, 0) is 19.2 Å². The largest absolute Gasteiger partial charge is 0.480 e. The van der Waals surface area contributed by atoms with Crippen LogP contribution in [0.5, 0.6) is 0 Å². The van der Waals surface area contributed by atoms with Gasteiger partial charge in [-0.1, -0.05) is 0 Å². The monoisotopic (exact) mass is 363 g/mol. The molecule has 4 atom stereocenters. The average Bonchev–Trinajstić information content (AvgIpc) is 2.70. The van der Waals surface area contributed by atoms with E-state index >= 15 is 0 Å². The summed E-state index contributed by atoms with van der Waals surface area (Å²) in [6, 6.07) is -4.01. The Hall–Kier alpha value is -1.81. The molecule has 5 N–H and O–H groups in total. The number of amides is 2. The van der Waals surface area contributed by atoms with Crippen LogP contribution in [0.15, 0.2) is 0 Å². The molecule has 0 aromatic rings. The molecule has 134 valence electrons. The van der Waals surface area contributed by atoms with E-state index in [4.69, 9.17) is 12.2 Å². The van der Waals surface area contributed by atoms with Crippen LogP contribution in [0, 0.1) is 0 Å². The zero-order chi connectivity index (χ0) is 19.2. The number of nitrogens with two attached hydrogens (primary N) is 1. The van der Waals surface area contributed by atoms with Crippen molar-refractivity contribution in [2.75, 3.05) is 0 Å². The van der Waals surface area contributed by atoms with Gasteiger partial charge >= 0.3 is 11.9 Å². The van der Waals surface area contributed by atoms with Crippen LogP contribution in [0.2, 0.25) is 0 Å². The molecule has 2 amide bonds. The molecule has 2 aliphatic rings. The quantitative estimate of drug-likeness (QED) is 0.339. The van der Waals surface area contributed by atoms with E-state index in [2.05, 4.69) is 5.32 Å². The molecular formula is C14H21N3O6S. The molecule has 0 unspecified atom stereocenters. The van der Waals surface area contributed by atoms with Gasteiger partial charge in [-0.2, -0.15) is 0 Å². The fourth-order valence-corrected chi connectivity index (χ4v) is 4.35. The van der Waals surface area contributed by atoms with Gasteiger partial charge in [0.05, 0.1) is 1.37 Å². The Bertz CT molecular complexity index is 630. The van der Waals surface area contributed by atoms with E-state index in [1.165, 1.54) is 0 Å². The van der Waals surface area contributed by atoms with E-state index in [0.717, 1.165) is 16.7 Å². The summed E-state index contributed by atoms with van der Waals surface area (Å²) < 4.78 is 7.19. The third kappa shape index (κ3) is 3.34. The average molecular weight is 363 g/mol. The van der Waals surface area contributed by atoms with E-state index in [1.807, 2.05) is 0 Å². The minimum absolute atomic E-state index is 0.0104. The third-order valence-corrected chi connectivity index (χ3v) is 5.53. The summed E-state index contributed by atoms with van der Waals surface area (Å²) in [6.45, 7) is 3.16. The SMILES string of the molecule is [2H][C@@]1(C(=O)O)N2C(=O)[C@@H](NC(=O)CCC[C@@H](N)C(=O)O)[C@H]2S[13C]1([13CH3])[13CH3]. The number of β-lactam (4-membered cyclic amide) rings is 1. The van der Waals surface area contributed by atoms with E-state index in [1.54, 1.807) is 13.8 Å². The molecule has 0 saturated carbocycles. The summed E-state index contributed by atoms with van der Waals surface area (Å²) in [5, 5.41) is 20.0. The second-order valence-corrected chi connectivity index (χ2v) is 8.00. The fraction of sp³-hybridized carbons (Fsp3) is 0.714. The number of carbonyl (C=O) groups excluding carboxylic acids is 2. The van der Waals surface area contributed by atoms with Gasteiger partial charge < -0.3 is 26.2 Å². The first-order valence-corrected chi connectivity index (χ1v) is 8.33. The highest BCUT2D eigenvalue weighted by molar-refractivity contribution is 8.01. The van der Waals surface area contributed by atoms with Gasteiger partial charge in [-0.25, -0.2) is 4.79 Å². The number of fused-ring (bicyclic) bond motifs is 1. The number of rotatable bonds is 7. The lowest BCUT2D eigenvalue weighted by Crippen LogP contribution is -2.70. The smallest absolute Gasteiger partial charge is 0.327 e. The zero-order valence-corrected chi connectivity index (χ0v) is 14.1. The van der Waals surface area contributed by atoms with Crippen LogP contribution in [0.25, 0.3) is 0 Å². The predicted molar refractivity (Wildman–Crippen MR) is 85.1 cm³/mol. The molecule has 0 aromatic carbocycles. The molecule has 0 spiro atoms. The molecular weight excluding hydrogens is 341 g/mol. The molecule has 2 rings (SSSR count). The lowest BCUT2D eigenvalue weighted by atomic mass is 10.0. The Morgan fingerprint density at radius 3 is 2.62 bits per heavy atom. The normalized spacial score (nSPS) is 32.4. The number of hydrogen-bond donors (Lipinski definition) is 4. The maximum atomic E-state index is 12.3. The maximum absolute atomic E-state index is 12.3. The highest BCUT2D eigenvalue weighted by atomic mass is 32.2. The minimum atomic E-state index is -2.09. The first-order chi connectivity index (χ1) is 11.4. The van der Waals surface area contributed by atoms with Gasteiger partial charge in [-0.05, 0) is 26.7 Å². The van der Waals surface area contributed by atoms with Gasteiger partial charge in [0.1, 0.15) is 23.5 Å². The van der Waals surface area contributed by atoms with Crippen LogP contribution < -0.4 is 11.1 Å². The number of nitrogens with zero attached hydrogens (tertiary/aromatic N) is 1. The number of carboxylic acids is 2. The van der Waals surface area contributed by atoms with Crippen LogP contribution in [-0.4, -0.2) is 67.1 Å². The van der Waals surface area contributed by atoms with Gasteiger partial charge in [-0.15, -0.1) is 11.8 Å². The molecule has 2 aliphatic heterocycles. The Morgan fingerprint density at radius 1 is 1.46 bits per heavy atom. The van der Waals surface area contributed by atoms with Crippen molar-refractivity contribution >= 4 is 35.5 Å². The Labute approximate surface area is 144 Å². The third-order valence-electron chi connectivity index (χ3n) is 4.02. The Balaban J connectivity index is 1.94. The molecule has 0 bridgehead atoms. The molecule has 9 nitrogen and oxygen atoms in total. The standard InChI is InChI=1S/C14H21N3O6S/c1-14(2)9(13(22)23)17-10(19)8(11(17)24-14)16-7(18)5-3-4-6(15)12(20)21/h6,8-9,11H,3-5,15H2,1-2H3,(H,16,18)(H,20,21)(H,22,23)/t6-,8-,9+,11-/m1/s1/i1+1,2+1,9D,14+1. The highest BCUT2D eigenvalue weighted by Gasteiger charge is 2.64. The molecule has 2 heterocycles. The number of carboxylic acid groups (broad SMARTS) is 2. The summed E-state index contributed by atoms with van der Waals surface area (Å²) in [7, 11) is 0. The van der Waals surface area contributed by atoms with Gasteiger partial charge in [0.25, 0.3) is 0 Å². The predicted octanol–water partition coefficient (Wildman–Crippen LogP) is -0.800. The number of nitrogens with one attached hydrogen (secondary N) is 1. The molecule has 0 aliphatic carbocycles. The number of aliphatic carboxylic acids is 2. The van der Waals surface area contributed by atoms with Gasteiger partial charge in [-0.3, -0.25) is 14.4 Å². The van der Waals surface area contributed by atoms with Gasteiger partial charge in [0, 0.05) is 11.2 Å². The fourth-order valence-electron chi connectivity index (χ4n) is 2.82. The summed E-state index contributed by atoms with van der Waals surface area (Å²) in [5.41, 5.74) is 5.35. The van der Waals surface area contributed by atoms with Gasteiger partial charge in [0.15, 0.2) is 0 Å². The molecule has 2 saturated heterocycles. The topological polar surface area (TPSA) is 150 Å². The summed E-state index contributed by atoms with van der Waals surface area (Å²) in [6.07, 6.45) is 0.398. The number of hydrogen-bond acceptors (Lipinski definition) is 6. The highest BCUT2D eigenvalue weighted by Crippen LogP contribution is 2.50. The summed E-state index contributed by atoms with van der Waals surface area (Å²) in [4.78, 5) is 47.3. The first kappa shape index (κ1) is 17.0. The van der Waals surface area contributed by atoms with Crippen molar-refractivity contribution in [3.05, 3.63) is 0 Å². The number of thioether (sulfide) groups is 1. The summed E-state index contributed by atoms with van der Waals surface area (Å²) in [5.74, 6) is -3.59. The first-order valence-electron chi connectivity index (χ1n) is 7.95. The molecule has 0 radical (unpaired) electrons. The van der Waals surface area contributed by atoms with Crippen molar-refractivity contribution in [2.45, 2.75) is 61.3 Å². The Kier molecular flexibility index (Phi) is 4.68. The van der Waals surface area contributed by atoms with Crippen molar-refractivity contribution in [2.24, 2.45) is 5.73 Å². The van der Waals surface area contributed by atoms with Gasteiger partial charge in [0.2, 0.25) is 11.8 Å². The second kappa shape index (κ2) is 6.60. The second-order valence-electron chi connectivity index (χ2n) is 6.26. The van der Waals surface area contributed by atoms with E-state index < -0.39 is 52.0 Å². The van der Waals surface area contributed by atoms with Crippen LogP contribution >= 0.6 is 11.8 Å². The van der Waals surface area contributed by atoms with Crippen LogP contribution in [0.1, 0.15) is 34.5 Å². The van der Waals surface area contributed by atoms with Crippen molar-refractivity contribution in [1.29, 1.82) is 0 Å². The Morgan fingerprint density at radius 2 is 2.08 bits per heavy atom. The summed E-state index contributed by atoms with van der Waals surface area (Å²) >= 11 is 1.16. The van der Waals surface area contributed by atoms with Crippen molar-refractivity contribution < 1.29 is 30.8 Å². The molecule has 24 heavy (non-hydrogen) atoms. The lowest BCUT2D eigenvalue weighted by Gasteiger charge is -2.43. The molecule has 2 fully saturated rings. The van der Waals surface area contributed by atoms with Crippen molar-refractivity contribution in [3.8, 4) is 0 Å². The van der Waals surface area contributed by atoms with E-state index in [9.17, 15) is 24.3 Å². The van der Waals surface area contributed by atoms with E-state index in [-0.39, 0.29) is 19.3 Å². The number of carbonyl (C=O) groups is 4. The molecule has 0 aromatic heterocycles. The molecule has 10 heteroatoms. The van der Waals surface area contributed by atoms with E-state index in [0.29, 0.717) is 0 Å². The minimum Gasteiger partial charge on any atom is -0.480 e. The lowest BCUT2D eigenvalue weighted by molar-refractivity contribution is -0.161. The zero-order valence-electron chi connectivity index (χ0n) is 14.3. The van der Waals surface area contributed by atoms with Crippen LogP contribution in [0.3, 0.4) is 0 Å². The van der Waals surface area contributed by atoms with Crippen molar-refractivity contribution in [1.82, 2.24) is 10.2 Å². The van der Waals surface area contributed by atoms with Crippen LogP contribution in [0.4, 0.5) is 0 Å². The van der Waals surface area contributed by atoms with Crippen molar-refractivity contribution in [3.63, 3.8) is 0 Å².